The van der Waals surface area contributed by atoms with E-state index in [0.29, 0.717) is 0 Å². The Morgan fingerprint density at radius 3 is 2.56 bits per heavy atom. The average Bonchev–Trinajstić information content (AvgIpc) is 2.15. The van der Waals surface area contributed by atoms with Crippen LogP contribution in [0, 0.1) is 10.1 Å². The van der Waals surface area contributed by atoms with E-state index in [1.54, 1.807) is 0 Å². The Labute approximate surface area is 52.6 Å². The second-order valence-corrected chi connectivity index (χ2v) is 1.98. The molecule has 9 heavy (non-hydrogen) atoms. The van der Waals surface area contributed by atoms with Crippen molar-refractivity contribution in [3.63, 3.8) is 0 Å². The standard InChI is InChI=1S/C4H9N3O2/c8-7(9)3-4-5-1-2-6-4/h4-6H,1-3H2. The predicted molar refractivity (Wildman–Crippen MR) is 31.7 cm³/mol. The summed E-state index contributed by atoms with van der Waals surface area (Å²) in [5, 5.41) is 15.8. The maximum Gasteiger partial charge on any atom is 0.231 e. The fourth-order valence-corrected chi connectivity index (χ4v) is 0.843. The van der Waals surface area contributed by atoms with Gasteiger partial charge >= 0.3 is 0 Å². The quantitative estimate of drug-likeness (QED) is 0.364. The zero-order valence-corrected chi connectivity index (χ0v) is 4.96. The Bertz CT molecular complexity index is 110. The fourth-order valence-electron chi connectivity index (χ4n) is 0.843. The van der Waals surface area contributed by atoms with E-state index < -0.39 is 0 Å². The molecule has 0 aliphatic carbocycles. The molecule has 0 atom stereocenters. The van der Waals surface area contributed by atoms with E-state index >= 15 is 0 Å². The van der Waals surface area contributed by atoms with Crippen LogP contribution in [0.25, 0.3) is 0 Å². The van der Waals surface area contributed by atoms with Gasteiger partial charge in [-0.3, -0.25) is 20.7 Å². The van der Waals surface area contributed by atoms with Crippen molar-refractivity contribution >= 4 is 0 Å². The zero-order chi connectivity index (χ0) is 6.69. The van der Waals surface area contributed by atoms with Crippen molar-refractivity contribution in [1.82, 2.24) is 10.6 Å². The van der Waals surface area contributed by atoms with Crippen LogP contribution in [-0.4, -0.2) is 30.7 Å². The largest absolute Gasteiger partial charge is 0.295 e. The molecule has 1 saturated heterocycles. The Hall–Kier alpha value is -0.680. The van der Waals surface area contributed by atoms with Gasteiger partial charge in [0.25, 0.3) is 0 Å². The number of nitrogens with one attached hydrogen (secondary N) is 2. The number of hydrogen-bond acceptors (Lipinski definition) is 4. The van der Waals surface area contributed by atoms with Crippen LogP contribution in [0.2, 0.25) is 0 Å². The summed E-state index contributed by atoms with van der Waals surface area (Å²) in [5.74, 6) is 0. The van der Waals surface area contributed by atoms with Gasteiger partial charge in [-0.25, -0.2) is 0 Å². The lowest BCUT2D eigenvalue weighted by atomic mass is 10.5. The lowest BCUT2D eigenvalue weighted by Gasteiger charge is -2.02. The maximum atomic E-state index is 9.88. The van der Waals surface area contributed by atoms with E-state index in [9.17, 15) is 10.1 Å². The van der Waals surface area contributed by atoms with E-state index in [0.717, 1.165) is 13.1 Å². The summed E-state index contributed by atoms with van der Waals surface area (Å²) in [5.41, 5.74) is 0. The van der Waals surface area contributed by atoms with Gasteiger partial charge in [0.05, 0.1) is 0 Å². The van der Waals surface area contributed by atoms with Gasteiger partial charge in [0.15, 0.2) is 0 Å². The lowest BCUT2D eigenvalue weighted by molar-refractivity contribution is -0.483. The van der Waals surface area contributed by atoms with Crippen molar-refractivity contribution in [3.8, 4) is 0 Å². The average molecular weight is 131 g/mol. The van der Waals surface area contributed by atoms with Gasteiger partial charge in [0, 0.05) is 18.0 Å². The van der Waals surface area contributed by atoms with Crippen LogP contribution < -0.4 is 10.6 Å². The molecule has 0 aromatic heterocycles. The molecule has 0 aromatic carbocycles. The van der Waals surface area contributed by atoms with Gasteiger partial charge in [-0.2, -0.15) is 0 Å². The van der Waals surface area contributed by atoms with Crippen LogP contribution in [0.15, 0.2) is 0 Å². The molecule has 52 valence electrons. The lowest BCUT2D eigenvalue weighted by Crippen LogP contribution is -2.37. The van der Waals surface area contributed by atoms with Gasteiger partial charge < -0.3 is 0 Å². The minimum atomic E-state index is -0.323. The van der Waals surface area contributed by atoms with Crippen molar-refractivity contribution in [2.24, 2.45) is 0 Å². The van der Waals surface area contributed by atoms with Crippen LogP contribution in [0.5, 0.6) is 0 Å². The second kappa shape index (κ2) is 2.75. The molecule has 0 bridgehead atoms. The van der Waals surface area contributed by atoms with Crippen LogP contribution in [-0.2, 0) is 0 Å². The topological polar surface area (TPSA) is 67.2 Å². The number of hydrogen-bond donors (Lipinski definition) is 2. The van der Waals surface area contributed by atoms with E-state index in [1.165, 1.54) is 0 Å². The van der Waals surface area contributed by atoms with Crippen molar-refractivity contribution < 1.29 is 4.92 Å². The van der Waals surface area contributed by atoms with Gasteiger partial charge in [-0.05, 0) is 0 Å². The molecule has 1 aliphatic heterocycles. The normalized spacial score (nSPS) is 20.4. The highest BCUT2D eigenvalue weighted by atomic mass is 16.6. The number of nitro groups is 1. The highest BCUT2D eigenvalue weighted by molar-refractivity contribution is 4.70. The van der Waals surface area contributed by atoms with Gasteiger partial charge in [-0.15, -0.1) is 0 Å². The third-order valence-electron chi connectivity index (χ3n) is 1.24. The zero-order valence-electron chi connectivity index (χ0n) is 4.96. The number of rotatable bonds is 2. The van der Waals surface area contributed by atoms with Crippen LogP contribution >= 0.6 is 0 Å². The minimum absolute atomic E-state index is 0.0278. The summed E-state index contributed by atoms with van der Waals surface area (Å²) < 4.78 is 0. The van der Waals surface area contributed by atoms with E-state index in [4.69, 9.17) is 0 Å². The first kappa shape index (κ1) is 6.44. The summed E-state index contributed by atoms with van der Waals surface area (Å²) in [6.45, 7) is 1.64. The molecule has 0 spiro atoms. The summed E-state index contributed by atoms with van der Waals surface area (Å²) in [6, 6.07) is 0. The second-order valence-electron chi connectivity index (χ2n) is 1.98. The SMILES string of the molecule is O=[N+]([O-])CC1NCCN1. The molecule has 0 radical (unpaired) electrons. The first-order valence-corrected chi connectivity index (χ1v) is 2.87. The van der Waals surface area contributed by atoms with Crippen LogP contribution in [0.1, 0.15) is 0 Å². The molecule has 0 unspecified atom stereocenters. The first-order chi connectivity index (χ1) is 4.29. The minimum Gasteiger partial charge on any atom is -0.295 e. The Morgan fingerprint density at radius 2 is 2.11 bits per heavy atom. The van der Waals surface area contributed by atoms with E-state index in [-0.39, 0.29) is 17.6 Å². The summed E-state index contributed by atoms with van der Waals surface area (Å²) in [4.78, 5) is 9.56. The summed E-state index contributed by atoms with van der Waals surface area (Å²) >= 11 is 0. The fraction of sp³-hybridized carbons (Fsp3) is 1.00. The molecule has 0 aromatic rings. The van der Waals surface area contributed by atoms with Crippen molar-refractivity contribution in [3.05, 3.63) is 10.1 Å². The monoisotopic (exact) mass is 131 g/mol. The third kappa shape index (κ3) is 1.95. The van der Waals surface area contributed by atoms with Gasteiger partial charge in [0.2, 0.25) is 6.54 Å². The highest BCUT2D eigenvalue weighted by Crippen LogP contribution is 1.84. The highest BCUT2D eigenvalue weighted by Gasteiger charge is 2.17. The molecular weight excluding hydrogens is 122 g/mol. The Balaban J connectivity index is 2.19. The van der Waals surface area contributed by atoms with Gasteiger partial charge in [0.1, 0.15) is 6.17 Å². The van der Waals surface area contributed by atoms with Crippen LogP contribution in [0.3, 0.4) is 0 Å². The molecule has 5 nitrogen and oxygen atoms in total. The summed E-state index contributed by atoms with van der Waals surface area (Å²) in [7, 11) is 0. The molecule has 1 heterocycles. The van der Waals surface area contributed by atoms with Crippen molar-refractivity contribution in [1.29, 1.82) is 0 Å². The molecule has 1 rings (SSSR count). The van der Waals surface area contributed by atoms with Crippen molar-refractivity contribution in [2.75, 3.05) is 19.6 Å². The Morgan fingerprint density at radius 1 is 1.56 bits per heavy atom. The summed E-state index contributed by atoms with van der Waals surface area (Å²) in [6.07, 6.45) is -0.111. The molecule has 0 amide bonds. The number of nitrogens with zero attached hydrogens (tertiary/aromatic N) is 1. The van der Waals surface area contributed by atoms with Crippen molar-refractivity contribution in [2.45, 2.75) is 6.17 Å². The molecular formula is C4H9N3O2. The first-order valence-electron chi connectivity index (χ1n) is 2.87. The molecule has 5 heteroatoms. The predicted octanol–water partition coefficient (Wildman–Crippen LogP) is -1.22. The third-order valence-corrected chi connectivity index (χ3v) is 1.24. The van der Waals surface area contributed by atoms with E-state index in [1.807, 2.05) is 0 Å². The molecule has 1 aliphatic rings. The molecule has 2 N–H and O–H groups in total. The van der Waals surface area contributed by atoms with Gasteiger partial charge in [-0.1, -0.05) is 0 Å². The van der Waals surface area contributed by atoms with Crippen LogP contribution in [0.4, 0.5) is 0 Å². The van der Waals surface area contributed by atoms with E-state index in [2.05, 4.69) is 10.6 Å². The maximum absolute atomic E-state index is 9.88. The Kier molecular flexibility index (Phi) is 1.96. The molecule has 1 fully saturated rings. The smallest absolute Gasteiger partial charge is 0.231 e. The molecule has 0 saturated carbocycles.